The summed E-state index contributed by atoms with van der Waals surface area (Å²) in [5.41, 5.74) is 7.47. The highest BCUT2D eigenvalue weighted by atomic mass is 15.4. The Hall–Kier alpha value is -4.55. The van der Waals surface area contributed by atoms with Gasteiger partial charge < -0.3 is 4.90 Å². The van der Waals surface area contributed by atoms with Crippen molar-refractivity contribution in [3.8, 4) is 28.5 Å². The van der Waals surface area contributed by atoms with Gasteiger partial charge in [-0.1, -0.05) is 31.2 Å². The molecule has 39 heavy (non-hydrogen) atoms. The molecule has 5 aromatic rings. The summed E-state index contributed by atoms with van der Waals surface area (Å²) in [6.07, 6.45) is 13.3. The molecule has 3 aliphatic heterocycles. The van der Waals surface area contributed by atoms with Crippen molar-refractivity contribution in [3.05, 3.63) is 84.2 Å². The van der Waals surface area contributed by atoms with Crippen LogP contribution in [0.25, 0.3) is 27.9 Å². The Bertz CT molecular complexity index is 1680. The highest BCUT2D eigenvalue weighted by Crippen LogP contribution is 2.36. The van der Waals surface area contributed by atoms with E-state index in [1.165, 1.54) is 17.5 Å². The average Bonchev–Trinajstić information content (AvgIpc) is 3.62. The lowest BCUT2D eigenvalue weighted by molar-refractivity contribution is -0.00870. The van der Waals surface area contributed by atoms with Crippen molar-refractivity contribution >= 4 is 11.3 Å². The fourth-order valence-corrected chi connectivity index (χ4v) is 5.97. The van der Waals surface area contributed by atoms with Gasteiger partial charge in [0.25, 0.3) is 0 Å². The van der Waals surface area contributed by atoms with Crippen molar-refractivity contribution in [1.82, 2.24) is 34.3 Å². The maximum atomic E-state index is 9.70. The van der Waals surface area contributed by atoms with Gasteiger partial charge in [-0.15, -0.1) is 0 Å². The molecule has 2 bridgehead atoms. The number of piperidine rings is 1. The minimum Gasteiger partial charge on any atom is -0.352 e. The Kier molecular flexibility index (Phi) is 5.63. The number of fused-ring (bicyclic) bond motifs is 3. The molecule has 1 aromatic carbocycles. The molecule has 2 unspecified atom stereocenters. The van der Waals surface area contributed by atoms with Crippen molar-refractivity contribution in [2.45, 2.75) is 38.4 Å². The fourth-order valence-electron chi connectivity index (χ4n) is 5.97. The molecule has 3 saturated heterocycles. The Morgan fingerprint density at radius 3 is 2.38 bits per heavy atom. The van der Waals surface area contributed by atoms with Crippen LogP contribution in [-0.4, -0.2) is 59.4 Å². The van der Waals surface area contributed by atoms with Crippen LogP contribution in [0, 0.1) is 11.3 Å². The van der Waals surface area contributed by atoms with E-state index in [0.717, 1.165) is 54.1 Å². The van der Waals surface area contributed by atoms with Crippen LogP contribution in [0.3, 0.4) is 0 Å². The van der Waals surface area contributed by atoms with Gasteiger partial charge in [-0.05, 0) is 30.0 Å². The van der Waals surface area contributed by atoms with E-state index >= 15 is 0 Å². The average molecular weight is 516 g/mol. The van der Waals surface area contributed by atoms with Crippen LogP contribution >= 0.6 is 0 Å². The zero-order valence-electron chi connectivity index (χ0n) is 22.1. The first-order valence-corrected chi connectivity index (χ1v) is 13.4. The van der Waals surface area contributed by atoms with Crippen molar-refractivity contribution in [1.29, 1.82) is 5.26 Å². The third-order valence-corrected chi connectivity index (χ3v) is 8.15. The maximum Gasteiger partial charge on any atom is 0.147 e. The third-order valence-electron chi connectivity index (χ3n) is 8.15. The lowest BCUT2D eigenvalue weighted by Gasteiger charge is -2.56. The van der Waals surface area contributed by atoms with E-state index in [9.17, 15) is 5.26 Å². The van der Waals surface area contributed by atoms with E-state index in [2.05, 4.69) is 57.3 Å². The number of hydrogen-bond donors (Lipinski definition) is 0. The van der Waals surface area contributed by atoms with Gasteiger partial charge in [0.2, 0.25) is 0 Å². The smallest absolute Gasteiger partial charge is 0.147 e. The summed E-state index contributed by atoms with van der Waals surface area (Å²) in [5.74, 6) is 0.897. The Balaban J connectivity index is 1.12. The highest BCUT2D eigenvalue weighted by molar-refractivity contribution is 5.86. The van der Waals surface area contributed by atoms with Gasteiger partial charge in [0.15, 0.2) is 0 Å². The largest absolute Gasteiger partial charge is 0.352 e. The van der Waals surface area contributed by atoms with E-state index in [0.29, 0.717) is 23.3 Å². The number of anilines is 1. The second-order valence-corrected chi connectivity index (χ2v) is 10.6. The number of hydrogen-bond acceptors (Lipinski definition) is 7. The molecule has 0 N–H and O–H groups in total. The SMILES string of the molecule is CCc1ccc(CN2C3CC2CN(c2cnc(-c4cc(-c5cnn(C)c5)cn5ncc(C#N)c45)cn2)C3)cc1. The predicted octanol–water partition coefficient (Wildman–Crippen LogP) is 4.09. The van der Waals surface area contributed by atoms with Crippen LogP contribution in [0.4, 0.5) is 5.82 Å². The van der Waals surface area contributed by atoms with Gasteiger partial charge in [-0.25, -0.2) is 9.50 Å². The molecule has 0 saturated carbocycles. The van der Waals surface area contributed by atoms with Gasteiger partial charge in [0, 0.05) is 67.8 Å². The van der Waals surface area contributed by atoms with Gasteiger partial charge in [-0.2, -0.15) is 15.5 Å². The van der Waals surface area contributed by atoms with Crippen LogP contribution in [0.2, 0.25) is 0 Å². The number of nitriles is 1. The Morgan fingerprint density at radius 1 is 0.923 bits per heavy atom. The quantitative estimate of drug-likeness (QED) is 0.336. The Morgan fingerprint density at radius 2 is 1.72 bits per heavy atom. The molecule has 2 atom stereocenters. The lowest BCUT2D eigenvalue weighted by Crippen LogP contribution is -2.68. The lowest BCUT2D eigenvalue weighted by atomic mass is 9.86. The van der Waals surface area contributed by atoms with Crippen LogP contribution in [-0.2, 0) is 20.0 Å². The number of pyridine rings is 1. The van der Waals surface area contributed by atoms with Crippen LogP contribution < -0.4 is 4.90 Å². The monoisotopic (exact) mass is 515 g/mol. The van der Waals surface area contributed by atoms with E-state index in [1.807, 2.05) is 44.1 Å². The number of aryl methyl sites for hydroxylation is 2. The van der Waals surface area contributed by atoms with Crippen molar-refractivity contribution in [2.75, 3.05) is 18.0 Å². The molecule has 4 aromatic heterocycles. The number of piperazine rings is 1. The van der Waals surface area contributed by atoms with Crippen LogP contribution in [0.15, 0.2) is 67.5 Å². The zero-order chi connectivity index (χ0) is 26.5. The molecular formula is C30H29N9. The van der Waals surface area contributed by atoms with Crippen molar-refractivity contribution in [3.63, 3.8) is 0 Å². The van der Waals surface area contributed by atoms with E-state index in [1.54, 1.807) is 15.4 Å². The molecule has 0 aliphatic carbocycles. The maximum absolute atomic E-state index is 9.70. The molecule has 0 amide bonds. The summed E-state index contributed by atoms with van der Waals surface area (Å²) < 4.78 is 3.51. The predicted molar refractivity (Wildman–Crippen MR) is 149 cm³/mol. The van der Waals surface area contributed by atoms with Crippen molar-refractivity contribution in [2.24, 2.45) is 7.05 Å². The first kappa shape index (κ1) is 23.6. The molecule has 9 nitrogen and oxygen atoms in total. The summed E-state index contributed by atoms with van der Waals surface area (Å²) >= 11 is 0. The minimum atomic E-state index is 0.508. The zero-order valence-corrected chi connectivity index (χ0v) is 22.1. The molecule has 8 rings (SSSR count). The molecule has 9 heteroatoms. The molecule has 0 radical (unpaired) electrons. The van der Waals surface area contributed by atoms with E-state index in [4.69, 9.17) is 9.97 Å². The molecule has 3 aliphatic rings. The fraction of sp³-hybridized carbons (Fsp3) is 0.300. The number of aromatic nitrogens is 6. The van der Waals surface area contributed by atoms with E-state index < -0.39 is 0 Å². The van der Waals surface area contributed by atoms with Gasteiger partial charge in [0.05, 0.1) is 41.6 Å². The van der Waals surface area contributed by atoms with Gasteiger partial charge >= 0.3 is 0 Å². The number of benzene rings is 1. The second-order valence-electron chi connectivity index (χ2n) is 10.6. The summed E-state index contributed by atoms with van der Waals surface area (Å²) in [6, 6.07) is 14.4. The minimum absolute atomic E-state index is 0.508. The third kappa shape index (κ3) is 4.14. The standard InChI is InChI=1S/C30H29N9/c1-3-20-4-6-21(7-5-20)15-38-25-9-26(38)19-37(18-25)29-14-32-28(13-33-29)27-8-22(24-12-34-36(2)16-24)17-39-30(27)23(10-31)11-35-39/h4-8,11-14,16-17,25-26H,3,9,15,18-19H2,1-2H3. The topological polar surface area (TPSA) is 91.2 Å². The molecule has 3 fully saturated rings. The number of nitrogens with zero attached hydrogens (tertiary/aromatic N) is 9. The van der Waals surface area contributed by atoms with E-state index in [-0.39, 0.29) is 0 Å². The van der Waals surface area contributed by atoms with Crippen LogP contribution in [0.5, 0.6) is 0 Å². The summed E-state index contributed by atoms with van der Waals surface area (Å²) in [5, 5.41) is 18.4. The molecular weight excluding hydrogens is 486 g/mol. The summed E-state index contributed by atoms with van der Waals surface area (Å²) in [6.45, 7) is 5.12. The molecule has 0 spiro atoms. The first-order chi connectivity index (χ1) is 19.1. The molecule has 7 heterocycles. The number of rotatable bonds is 6. The first-order valence-electron chi connectivity index (χ1n) is 13.4. The van der Waals surface area contributed by atoms with Crippen LogP contribution in [0.1, 0.15) is 30.0 Å². The summed E-state index contributed by atoms with van der Waals surface area (Å²) in [4.78, 5) is 14.6. The summed E-state index contributed by atoms with van der Waals surface area (Å²) in [7, 11) is 1.89. The normalized spacial score (nSPS) is 18.7. The Labute approximate surface area is 227 Å². The second kappa shape index (κ2) is 9.33. The molecule has 194 valence electrons. The van der Waals surface area contributed by atoms with Gasteiger partial charge in [0.1, 0.15) is 11.9 Å². The van der Waals surface area contributed by atoms with Crippen molar-refractivity contribution < 1.29 is 0 Å². The highest BCUT2D eigenvalue weighted by Gasteiger charge is 2.44. The van der Waals surface area contributed by atoms with Gasteiger partial charge in [-0.3, -0.25) is 14.6 Å².